The van der Waals surface area contributed by atoms with Crippen molar-refractivity contribution < 1.29 is 0 Å². The highest BCUT2D eigenvalue weighted by Crippen LogP contribution is 2.25. The molecule has 0 aliphatic carbocycles. The molecule has 2 heterocycles. The van der Waals surface area contributed by atoms with Crippen LogP contribution < -0.4 is 10.2 Å². The lowest BCUT2D eigenvalue weighted by atomic mass is 9.93. The third-order valence-electron chi connectivity index (χ3n) is 3.72. The number of anilines is 1. The van der Waals surface area contributed by atoms with Crippen molar-refractivity contribution in [1.82, 2.24) is 10.3 Å². The van der Waals surface area contributed by atoms with Crippen LogP contribution in [0.2, 0.25) is 0 Å². The summed E-state index contributed by atoms with van der Waals surface area (Å²) in [6.07, 6.45) is 5.09. The van der Waals surface area contributed by atoms with Gasteiger partial charge in [-0.1, -0.05) is 13.8 Å². The predicted octanol–water partition coefficient (Wildman–Crippen LogP) is 2.21. The molecule has 1 N–H and O–H groups in total. The molecule has 2 atom stereocenters. The Morgan fingerprint density at radius 2 is 2.35 bits per heavy atom. The second-order valence-electron chi connectivity index (χ2n) is 5.04. The van der Waals surface area contributed by atoms with Gasteiger partial charge >= 0.3 is 0 Å². The van der Waals surface area contributed by atoms with Crippen molar-refractivity contribution in [3.63, 3.8) is 0 Å². The van der Waals surface area contributed by atoms with E-state index >= 15 is 0 Å². The van der Waals surface area contributed by atoms with Gasteiger partial charge < -0.3 is 10.2 Å². The second kappa shape index (κ2) is 5.50. The molecule has 0 bridgehead atoms. The first-order valence-electron chi connectivity index (χ1n) is 6.61. The molecular formula is C14H23N3. The molecular weight excluding hydrogens is 210 g/mol. The van der Waals surface area contributed by atoms with Crippen LogP contribution in [0.15, 0.2) is 18.5 Å². The summed E-state index contributed by atoms with van der Waals surface area (Å²) in [7, 11) is 0. The van der Waals surface area contributed by atoms with Crippen LogP contribution in [0.25, 0.3) is 0 Å². The Hall–Kier alpha value is -1.09. The Balaban J connectivity index is 2.04. The minimum Gasteiger partial charge on any atom is -0.370 e. The number of nitrogens with zero attached hydrogens (tertiary/aromatic N) is 2. The van der Waals surface area contributed by atoms with Gasteiger partial charge in [-0.15, -0.1) is 0 Å². The zero-order valence-corrected chi connectivity index (χ0v) is 11.1. The third-order valence-corrected chi connectivity index (χ3v) is 3.72. The molecule has 3 nitrogen and oxygen atoms in total. The van der Waals surface area contributed by atoms with Crippen molar-refractivity contribution in [3.05, 3.63) is 24.0 Å². The van der Waals surface area contributed by atoms with E-state index in [9.17, 15) is 0 Å². The average molecular weight is 233 g/mol. The number of piperidine rings is 1. The van der Waals surface area contributed by atoms with Gasteiger partial charge in [0.15, 0.2) is 0 Å². The number of aryl methyl sites for hydroxylation is 1. The third kappa shape index (κ3) is 2.78. The van der Waals surface area contributed by atoms with Crippen molar-refractivity contribution in [3.8, 4) is 0 Å². The molecule has 0 radical (unpaired) electrons. The molecule has 1 aliphatic rings. The van der Waals surface area contributed by atoms with Gasteiger partial charge in [-0.05, 0) is 37.4 Å². The Morgan fingerprint density at radius 3 is 3.00 bits per heavy atom. The molecule has 1 aromatic rings. The van der Waals surface area contributed by atoms with E-state index in [0.717, 1.165) is 19.6 Å². The predicted molar refractivity (Wildman–Crippen MR) is 72.4 cm³/mol. The molecule has 0 spiro atoms. The van der Waals surface area contributed by atoms with Gasteiger partial charge in [-0.3, -0.25) is 4.98 Å². The maximum Gasteiger partial charge on any atom is 0.0582 e. The summed E-state index contributed by atoms with van der Waals surface area (Å²) < 4.78 is 0. The van der Waals surface area contributed by atoms with Crippen molar-refractivity contribution in [2.45, 2.75) is 33.2 Å². The normalized spacial score (nSPS) is 25.0. The summed E-state index contributed by atoms with van der Waals surface area (Å²) in [5, 5.41) is 3.58. The standard InChI is InChI=1S/C14H23N3/c1-4-16-13-6-8-17(10-12(13)3)14-9-15-7-5-11(14)2/h5,7,9,12-13,16H,4,6,8,10H2,1-3H3. The number of pyridine rings is 1. The summed E-state index contributed by atoms with van der Waals surface area (Å²) in [5.41, 5.74) is 2.63. The largest absolute Gasteiger partial charge is 0.370 e. The second-order valence-corrected chi connectivity index (χ2v) is 5.04. The maximum atomic E-state index is 4.24. The van der Waals surface area contributed by atoms with E-state index in [1.165, 1.54) is 17.7 Å². The van der Waals surface area contributed by atoms with Gasteiger partial charge in [0.2, 0.25) is 0 Å². The van der Waals surface area contributed by atoms with Crippen LogP contribution in [0, 0.1) is 12.8 Å². The Morgan fingerprint density at radius 1 is 1.53 bits per heavy atom. The maximum absolute atomic E-state index is 4.24. The van der Waals surface area contributed by atoms with Crippen LogP contribution in [0.4, 0.5) is 5.69 Å². The molecule has 3 heteroatoms. The van der Waals surface area contributed by atoms with E-state index in [2.05, 4.69) is 42.0 Å². The van der Waals surface area contributed by atoms with E-state index in [-0.39, 0.29) is 0 Å². The molecule has 0 amide bonds. The summed E-state index contributed by atoms with van der Waals surface area (Å²) in [6, 6.07) is 2.77. The smallest absolute Gasteiger partial charge is 0.0582 e. The Labute approximate surface area is 104 Å². The van der Waals surface area contributed by atoms with Crippen LogP contribution >= 0.6 is 0 Å². The number of aromatic nitrogens is 1. The number of nitrogens with one attached hydrogen (secondary N) is 1. The molecule has 1 fully saturated rings. The lowest BCUT2D eigenvalue weighted by Gasteiger charge is -2.39. The number of rotatable bonds is 3. The fourth-order valence-electron chi connectivity index (χ4n) is 2.72. The van der Waals surface area contributed by atoms with E-state index in [1.807, 2.05) is 12.4 Å². The highest BCUT2D eigenvalue weighted by molar-refractivity contribution is 5.51. The first kappa shape index (κ1) is 12.4. The van der Waals surface area contributed by atoms with Gasteiger partial charge in [0.25, 0.3) is 0 Å². The number of hydrogen-bond acceptors (Lipinski definition) is 3. The zero-order valence-electron chi connectivity index (χ0n) is 11.1. The van der Waals surface area contributed by atoms with Gasteiger partial charge in [0.05, 0.1) is 11.9 Å². The summed E-state index contributed by atoms with van der Waals surface area (Å²) >= 11 is 0. The van der Waals surface area contributed by atoms with Crippen LogP contribution in [0.5, 0.6) is 0 Å². The SMILES string of the molecule is CCNC1CCN(c2cnccc2C)CC1C. The van der Waals surface area contributed by atoms with Crippen molar-refractivity contribution in [2.24, 2.45) is 5.92 Å². The average Bonchev–Trinajstić information content (AvgIpc) is 2.33. The Kier molecular flexibility index (Phi) is 4.00. The fraction of sp³-hybridized carbons (Fsp3) is 0.643. The highest BCUT2D eigenvalue weighted by Gasteiger charge is 2.25. The minimum absolute atomic E-state index is 0.674. The van der Waals surface area contributed by atoms with Crippen molar-refractivity contribution in [2.75, 3.05) is 24.5 Å². The monoisotopic (exact) mass is 233 g/mol. The lowest BCUT2D eigenvalue weighted by molar-refractivity contribution is 0.326. The van der Waals surface area contributed by atoms with Gasteiger partial charge in [-0.25, -0.2) is 0 Å². The van der Waals surface area contributed by atoms with E-state index < -0.39 is 0 Å². The molecule has 2 rings (SSSR count). The van der Waals surface area contributed by atoms with Crippen LogP contribution in [-0.4, -0.2) is 30.7 Å². The minimum atomic E-state index is 0.674. The van der Waals surface area contributed by atoms with E-state index in [4.69, 9.17) is 0 Å². The molecule has 94 valence electrons. The topological polar surface area (TPSA) is 28.2 Å². The van der Waals surface area contributed by atoms with E-state index in [1.54, 1.807) is 0 Å². The fourth-order valence-corrected chi connectivity index (χ4v) is 2.72. The summed E-state index contributed by atoms with van der Waals surface area (Å²) in [4.78, 5) is 6.72. The zero-order chi connectivity index (χ0) is 12.3. The highest BCUT2D eigenvalue weighted by atomic mass is 15.2. The molecule has 0 aromatic carbocycles. The molecule has 17 heavy (non-hydrogen) atoms. The number of hydrogen-bond donors (Lipinski definition) is 1. The molecule has 1 aliphatic heterocycles. The van der Waals surface area contributed by atoms with E-state index in [0.29, 0.717) is 12.0 Å². The summed E-state index contributed by atoms with van der Waals surface area (Å²) in [6.45, 7) is 10.0. The van der Waals surface area contributed by atoms with Crippen LogP contribution in [-0.2, 0) is 0 Å². The quantitative estimate of drug-likeness (QED) is 0.867. The van der Waals surface area contributed by atoms with Crippen molar-refractivity contribution in [1.29, 1.82) is 0 Å². The molecule has 1 aromatic heterocycles. The Bertz CT molecular complexity index is 364. The van der Waals surface area contributed by atoms with Gasteiger partial charge in [0.1, 0.15) is 0 Å². The van der Waals surface area contributed by atoms with Gasteiger partial charge in [0, 0.05) is 25.3 Å². The molecule has 2 unspecified atom stereocenters. The van der Waals surface area contributed by atoms with Crippen molar-refractivity contribution >= 4 is 5.69 Å². The first-order chi connectivity index (χ1) is 8.22. The molecule has 0 saturated carbocycles. The van der Waals surface area contributed by atoms with Gasteiger partial charge in [-0.2, -0.15) is 0 Å². The van der Waals surface area contributed by atoms with Crippen LogP contribution in [0.1, 0.15) is 25.8 Å². The molecule has 1 saturated heterocycles. The summed E-state index contributed by atoms with van der Waals surface area (Å²) in [5.74, 6) is 0.698. The lowest BCUT2D eigenvalue weighted by Crippen LogP contribution is -2.48. The first-order valence-corrected chi connectivity index (χ1v) is 6.61. The van der Waals surface area contributed by atoms with Crippen LogP contribution in [0.3, 0.4) is 0 Å².